The Morgan fingerprint density at radius 2 is 2.40 bits per heavy atom. The molecule has 0 aliphatic carbocycles. The minimum Gasteiger partial charge on any atom is -0.482 e. The van der Waals surface area contributed by atoms with Crippen molar-refractivity contribution in [3.05, 3.63) is 28.8 Å². The van der Waals surface area contributed by atoms with Crippen LogP contribution in [0.4, 0.5) is 0 Å². The topological polar surface area (TPSA) is 26.3 Å². The Hall–Kier alpha value is -1.02. The maximum atomic E-state index is 11.7. The highest BCUT2D eigenvalue weighted by Gasteiger charge is 2.29. The number of carbonyl (C=O) groups is 1. The average molecular weight is 225 g/mol. The molecule has 0 saturated carbocycles. The second kappa shape index (κ2) is 4.23. The number of ketones is 1. The van der Waals surface area contributed by atoms with Crippen LogP contribution in [0.2, 0.25) is 5.02 Å². The molecule has 0 saturated heterocycles. The largest absolute Gasteiger partial charge is 0.482 e. The lowest BCUT2D eigenvalue weighted by Gasteiger charge is -2.07. The van der Waals surface area contributed by atoms with Crippen molar-refractivity contribution in [2.24, 2.45) is 0 Å². The van der Waals surface area contributed by atoms with E-state index in [0.29, 0.717) is 17.9 Å². The first-order valence-corrected chi connectivity index (χ1v) is 5.57. The van der Waals surface area contributed by atoms with Gasteiger partial charge in [-0.3, -0.25) is 4.79 Å². The number of hydrogen-bond donors (Lipinski definition) is 0. The molecule has 15 heavy (non-hydrogen) atoms. The molecule has 0 amide bonds. The molecule has 1 unspecified atom stereocenters. The minimum absolute atomic E-state index is 0.171. The molecule has 0 radical (unpaired) electrons. The average Bonchev–Trinajstić information content (AvgIpc) is 2.63. The molecule has 0 fully saturated rings. The van der Waals surface area contributed by atoms with Gasteiger partial charge in [0.2, 0.25) is 0 Å². The second-order valence-electron chi connectivity index (χ2n) is 3.74. The van der Waals surface area contributed by atoms with Crippen molar-refractivity contribution < 1.29 is 9.53 Å². The summed E-state index contributed by atoms with van der Waals surface area (Å²) in [7, 11) is 0. The van der Waals surface area contributed by atoms with Crippen LogP contribution >= 0.6 is 11.6 Å². The van der Waals surface area contributed by atoms with Crippen molar-refractivity contribution in [2.75, 3.05) is 0 Å². The SMILES string of the molecule is CCCC(=O)C1Cc2c(Cl)cccc2O1. The van der Waals surface area contributed by atoms with E-state index < -0.39 is 0 Å². The summed E-state index contributed by atoms with van der Waals surface area (Å²) >= 11 is 6.03. The fourth-order valence-electron chi connectivity index (χ4n) is 1.81. The van der Waals surface area contributed by atoms with Crippen LogP contribution in [0.5, 0.6) is 5.75 Å². The first-order chi connectivity index (χ1) is 7.22. The van der Waals surface area contributed by atoms with Crippen LogP contribution in [0.25, 0.3) is 0 Å². The van der Waals surface area contributed by atoms with Crippen molar-refractivity contribution in [3.63, 3.8) is 0 Å². The van der Waals surface area contributed by atoms with E-state index in [4.69, 9.17) is 16.3 Å². The summed E-state index contributed by atoms with van der Waals surface area (Å²) in [5.41, 5.74) is 0.966. The number of halogens is 1. The lowest BCUT2D eigenvalue weighted by atomic mass is 10.0. The molecule has 1 aliphatic heterocycles. The summed E-state index contributed by atoms with van der Waals surface area (Å²) in [4.78, 5) is 11.7. The highest BCUT2D eigenvalue weighted by atomic mass is 35.5. The van der Waals surface area contributed by atoms with E-state index >= 15 is 0 Å². The number of carbonyl (C=O) groups excluding carboxylic acids is 1. The van der Waals surface area contributed by atoms with E-state index in [1.54, 1.807) is 0 Å². The van der Waals surface area contributed by atoms with Crippen molar-refractivity contribution in [2.45, 2.75) is 32.3 Å². The van der Waals surface area contributed by atoms with Crippen molar-refractivity contribution in [3.8, 4) is 5.75 Å². The molecule has 0 bridgehead atoms. The van der Waals surface area contributed by atoms with E-state index in [1.165, 1.54) is 0 Å². The van der Waals surface area contributed by atoms with Gasteiger partial charge >= 0.3 is 0 Å². The standard InChI is InChI=1S/C12H13ClO2/c1-2-4-10(14)12-7-8-9(13)5-3-6-11(8)15-12/h3,5-6,12H,2,4,7H2,1H3. The van der Waals surface area contributed by atoms with Crippen LogP contribution in [-0.2, 0) is 11.2 Å². The molecular weight excluding hydrogens is 212 g/mol. The third-order valence-electron chi connectivity index (χ3n) is 2.59. The van der Waals surface area contributed by atoms with Gasteiger partial charge in [-0.25, -0.2) is 0 Å². The number of benzene rings is 1. The molecule has 1 aliphatic rings. The molecule has 1 atom stereocenters. The molecule has 0 aromatic heterocycles. The predicted molar refractivity (Wildman–Crippen MR) is 59.5 cm³/mol. The van der Waals surface area contributed by atoms with Crippen LogP contribution in [0, 0.1) is 0 Å². The maximum absolute atomic E-state index is 11.7. The van der Waals surface area contributed by atoms with Crippen LogP contribution in [-0.4, -0.2) is 11.9 Å². The Kier molecular flexibility index (Phi) is 2.96. The molecule has 2 nitrogen and oxygen atoms in total. The zero-order chi connectivity index (χ0) is 10.8. The van der Waals surface area contributed by atoms with Crippen LogP contribution < -0.4 is 4.74 Å². The Labute approximate surface area is 94.2 Å². The van der Waals surface area contributed by atoms with Crippen LogP contribution in [0.1, 0.15) is 25.3 Å². The summed E-state index contributed by atoms with van der Waals surface area (Å²) < 4.78 is 5.57. The van der Waals surface area contributed by atoms with Gasteiger partial charge in [0.15, 0.2) is 11.9 Å². The van der Waals surface area contributed by atoms with Gasteiger partial charge in [0.25, 0.3) is 0 Å². The highest BCUT2D eigenvalue weighted by Crippen LogP contribution is 2.34. The normalized spacial score (nSPS) is 18.4. The molecule has 1 aromatic rings. The van der Waals surface area contributed by atoms with Crippen LogP contribution in [0.15, 0.2) is 18.2 Å². The Balaban J connectivity index is 2.15. The zero-order valence-corrected chi connectivity index (χ0v) is 9.38. The molecule has 80 valence electrons. The quantitative estimate of drug-likeness (QED) is 0.789. The minimum atomic E-state index is -0.320. The van der Waals surface area contributed by atoms with Crippen molar-refractivity contribution >= 4 is 17.4 Å². The van der Waals surface area contributed by atoms with E-state index in [0.717, 1.165) is 17.7 Å². The van der Waals surface area contributed by atoms with Gasteiger partial charge < -0.3 is 4.74 Å². The fraction of sp³-hybridized carbons (Fsp3) is 0.417. The maximum Gasteiger partial charge on any atom is 0.173 e. The van der Waals surface area contributed by atoms with Gasteiger partial charge in [-0.15, -0.1) is 0 Å². The Morgan fingerprint density at radius 1 is 1.60 bits per heavy atom. The number of hydrogen-bond acceptors (Lipinski definition) is 2. The number of Topliss-reactive ketones (excluding diaryl/α,β-unsaturated/α-hetero) is 1. The predicted octanol–water partition coefficient (Wildman–Crippen LogP) is 3.01. The van der Waals surface area contributed by atoms with Gasteiger partial charge in [-0.1, -0.05) is 24.6 Å². The van der Waals surface area contributed by atoms with E-state index in [9.17, 15) is 4.79 Å². The van der Waals surface area contributed by atoms with E-state index in [1.807, 2.05) is 25.1 Å². The second-order valence-corrected chi connectivity index (χ2v) is 4.15. The lowest BCUT2D eigenvalue weighted by Crippen LogP contribution is -2.24. The summed E-state index contributed by atoms with van der Waals surface area (Å²) in [6, 6.07) is 5.53. The molecule has 1 aromatic carbocycles. The van der Waals surface area contributed by atoms with Gasteiger partial charge in [0.1, 0.15) is 5.75 Å². The zero-order valence-electron chi connectivity index (χ0n) is 8.63. The monoisotopic (exact) mass is 224 g/mol. The van der Waals surface area contributed by atoms with Crippen molar-refractivity contribution in [1.82, 2.24) is 0 Å². The van der Waals surface area contributed by atoms with E-state index in [-0.39, 0.29) is 11.9 Å². The summed E-state index contributed by atoms with van der Waals surface area (Å²) in [5, 5.41) is 0.694. The summed E-state index contributed by atoms with van der Waals surface area (Å²) in [5.74, 6) is 0.932. The molecule has 2 rings (SSSR count). The van der Waals surface area contributed by atoms with Crippen molar-refractivity contribution in [1.29, 1.82) is 0 Å². The third kappa shape index (κ3) is 2.00. The Morgan fingerprint density at radius 3 is 3.07 bits per heavy atom. The summed E-state index contributed by atoms with van der Waals surface area (Å²) in [6.07, 6.45) is 1.74. The number of ether oxygens (including phenoxy) is 1. The molecule has 1 heterocycles. The van der Waals surface area contributed by atoms with Gasteiger partial charge in [0, 0.05) is 23.4 Å². The smallest absolute Gasteiger partial charge is 0.173 e. The number of rotatable bonds is 3. The van der Waals surface area contributed by atoms with Crippen LogP contribution in [0.3, 0.4) is 0 Å². The highest BCUT2D eigenvalue weighted by molar-refractivity contribution is 6.31. The van der Waals surface area contributed by atoms with Gasteiger partial charge in [-0.2, -0.15) is 0 Å². The third-order valence-corrected chi connectivity index (χ3v) is 2.94. The first-order valence-electron chi connectivity index (χ1n) is 5.19. The molecular formula is C12H13ClO2. The van der Waals surface area contributed by atoms with Gasteiger partial charge in [0.05, 0.1) is 0 Å². The lowest BCUT2D eigenvalue weighted by molar-refractivity contribution is -0.125. The molecule has 0 N–H and O–H groups in total. The molecule has 3 heteroatoms. The first kappa shape index (κ1) is 10.5. The molecule has 0 spiro atoms. The Bertz CT molecular complexity index is 387. The van der Waals surface area contributed by atoms with Gasteiger partial charge in [-0.05, 0) is 18.6 Å². The fourth-order valence-corrected chi connectivity index (χ4v) is 2.06. The number of fused-ring (bicyclic) bond motifs is 1. The summed E-state index contributed by atoms with van der Waals surface area (Å²) in [6.45, 7) is 1.99. The van der Waals surface area contributed by atoms with E-state index in [2.05, 4.69) is 0 Å².